The first-order valence-electron chi connectivity index (χ1n) is 10.6. The summed E-state index contributed by atoms with van der Waals surface area (Å²) in [4.78, 5) is 13.3. The van der Waals surface area contributed by atoms with Crippen molar-refractivity contribution in [2.45, 2.75) is 38.2 Å². The van der Waals surface area contributed by atoms with Gasteiger partial charge in [0.1, 0.15) is 0 Å². The molecule has 30 heavy (non-hydrogen) atoms. The van der Waals surface area contributed by atoms with Crippen molar-refractivity contribution in [1.29, 1.82) is 0 Å². The average molecular weight is 415 g/mol. The molecule has 0 saturated carbocycles. The summed E-state index contributed by atoms with van der Waals surface area (Å²) in [5, 5.41) is 3.10. The fourth-order valence-corrected chi connectivity index (χ4v) is 4.43. The van der Waals surface area contributed by atoms with Crippen LogP contribution in [-0.2, 0) is 20.7 Å². The van der Waals surface area contributed by atoms with E-state index in [1.807, 2.05) is 24.3 Å². The lowest BCUT2D eigenvalue weighted by atomic mass is 9.73. The molecule has 4 rings (SSSR count). The van der Waals surface area contributed by atoms with Crippen LogP contribution >= 0.6 is 0 Å². The number of nitrogens with one attached hydrogen (secondary N) is 1. The van der Waals surface area contributed by atoms with Gasteiger partial charge in [0, 0.05) is 26.4 Å². The lowest BCUT2D eigenvalue weighted by Gasteiger charge is -2.36. The SMILES string of the molecule is O=C(NC[C@@H]1CCCO1)C1(Cc2ccccc2-c2ccc(F)c(F)c2)CCOCC1. The summed E-state index contributed by atoms with van der Waals surface area (Å²) in [6, 6.07) is 11.6. The molecule has 2 saturated heterocycles. The minimum Gasteiger partial charge on any atom is -0.381 e. The third-order valence-corrected chi connectivity index (χ3v) is 6.22. The number of benzene rings is 2. The minimum absolute atomic E-state index is 0.0152. The van der Waals surface area contributed by atoms with Gasteiger partial charge in [0.05, 0.1) is 11.5 Å². The van der Waals surface area contributed by atoms with E-state index >= 15 is 0 Å². The van der Waals surface area contributed by atoms with Crippen molar-refractivity contribution >= 4 is 5.91 Å². The molecule has 0 unspecified atom stereocenters. The Morgan fingerprint density at radius 3 is 2.60 bits per heavy atom. The van der Waals surface area contributed by atoms with E-state index in [9.17, 15) is 13.6 Å². The number of hydrogen-bond acceptors (Lipinski definition) is 3. The zero-order valence-electron chi connectivity index (χ0n) is 17.0. The van der Waals surface area contributed by atoms with Crippen LogP contribution in [0.4, 0.5) is 8.78 Å². The van der Waals surface area contributed by atoms with E-state index in [2.05, 4.69) is 5.32 Å². The molecule has 0 radical (unpaired) electrons. The fraction of sp³-hybridized carbons (Fsp3) is 0.458. The van der Waals surface area contributed by atoms with Gasteiger partial charge in [-0.1, -0.05) is 30.3 Å². The van der Waals surface area contributed by atoms with Gasteiger partial charge >= 0.3 is 0 Å². The predicted molar refractivity (Wildman–Crippen MR) is 110 cm³/mol. The first-order chi connectivity index (χ1) is 14.6. The van der Waals surface area contributed by atoms with Crippen LogP contribution in [0.25, 0.3) is 11.1 Å². The van der Waals surface area contributed by atoms with Crippen LogP contribution in [0, 0.1) is 17.0 Å². The van der Waals surface area contributed by atoms with E-state index in [4.69, 9.17) is 9.47 Å². The zero-order valence-corrected chi connectivity index (χ0v) is 17.0. The largest absolute Gasteiger partial charge is 0.381 e. The highest BCUT2D eigenvalue weighted by Gasteiger charge is 2.40. The molecule has 2 fully saturated rings. The number of carbonyl (C=O) groups excluding carboxylic acids is 1. The molecule has 4 nitrogen and oxygen atoms in total. The van der Waals surface area contributed by atoms with Crippen molar-refractivity contribution in [2.24, 2.45) is 5.41 Å². The van der Waals surface area contributed by atoms with Crippen LogP contribution in [0.1, 0.15) is 31.2 Å². The molecular weight excluding hydrogens is 388 g/mol. The Balaban J connectivity index is 1.59. The lowest BCUT2D eigenvalue weighted by molar-refractivity contribution is -0.137. The monoisotopic (exact) mass is 415 g/mol. The number of carbonyl (C=O) groups is 1. The number of hydrogen-bond donors (Lipinski definition) is 1. The van der Waals surface area contributed by atoms with Crippen molar-refractivity contribution in [3.63, 3.8) is 0 Å². The van der Waals surface area contributed by atoms with Gasteiger partial charge in [-0.15, -0.1) is 0 Å². The molecule has 0 aromatic heterocycles. The van der Waals surface area contributed by atoms with Crippen LogP contribution in [0.2, 0.25) is 0 Å². The second-order valence-electron chi connectivity index (χ2n) is 8.20. The molecule has 160 valence electrons. The summed E-state index contributed by atoms with van der Waals surface area (Å²) < 4.78 is 38.4. The first kappa shape index (κ1) is 20.9. The van der Waals surface area contributed by atoms with Gasteiger partial charge in [-0.25, -0.2) is 8.78 Å². The first-order valence-corrected chi connectivity index (χ1v) is 10.6. The summed E-state index contributed by atoms with van der Waals surface area (Å²) in [6.45, 7) is 2.33. The third kappa shape index (κ3) is 4.55. The Morgan fingerprint density at radius 1 is 1.07 bits per heavy atom. The smallest absolute Gasteiger partial charge is 0.226 e. The molecule has 2 aliphatic rings. The van der Waals surface area contributed by atoms with E-state index < -0.39 is 17.0 Å². The third-order valence-electron chi connectivity index (χ3n) is 6.22. The van der Waals surface area contributed by atoms with Gasteiger partial charge in [0.2, 0.25) is 5.91 Å². The van der Waals surface area contributed by atoms with Crippen LogP contribution in [0.15, 0.2) is 42.5 Å². The van der Waals surface area contributed by atoms with Crippen molar-refractivity contribution in [3.8, 4) is 11.1 Å². The molecular formula is C24H27F2NO3. The Hall–Kier alpha value is -2.31. The van der Waals surface area contributed by atoms with Gasteiger partial charge in [0.25, 0.3) is 0 Å². The van der Waals surface area contributed by atoms with Gasteiger partial charge in [-0.05, 0) is 60.9 Å². The van der Waals surface area contributed by atoms with E-state index in [-0.39, 0.29) is 12.0 Å². The maximum absolute atomic E-state index is 13.8. The number of rotatable bonds is 6. The second kappa shape index (κ2) is 9.23. The molecule has 2 heterocycles. The number of ether oxygens (including phenoxy) is 2. The standard InChI is InChI=1S/C24H27F2NO3/c25-21-8-7-17(14-22(21)26)20-6-2-1-4-18(20)15-24(9-12-29-13-10-24)23(28)27-16-19-5-3-11-30-19/h1-2,4,6-8,14,19H,3,5,9-13,15-16H2,(H,27,28)/t19-/m0/s1. The van der Waals surface area contributed by atoms with E-state index in [1.165, 1.54) is 6.07 Å². The number of halogens is 2. The Bertz CT molecular complexity index is 890. The predicted octanol–water partition coefficient (Wildman–Crippen LogP) is 4.27. The maximum atomic E-state index is 13.8. The van der Waals surface area contributed by atoms with Gasteiger partial charge in [-0.3, -0.25) is 4.79 Å². The minimum atomic E-state index is -0.877. The van der Waals surface area contributed by atoms with Crippen molar-refractivity contribution in [1.82, 2.24) is 5.32 Å². The molecule has 1 amide bonds. The zero-order chi connectivity index (χ0) is 21.0. The molecule has 2 aromatic carbocycles. The Labute approximate surface area is 175 Å². The van der Waals surface area contributed by atoms with Crippen LogP contribution in [-0.4, -0.2) is 38.4 Å². The second-order valence-corrected chi connectivity index (χ2v) is 8.20. The normalized spacial score (nSPS) is 20.8. The summed E-state index contributed by atoms with van der Waals surface area (Å²) in [6.07, 6.45) is 3.84. The quantitative estimate of drug-likeness (QED) is 0.767. The highest BCUT2D eigenvalue weighted by atomic mass is 19.2. The molecule has 1 atom stereocenters. The summed E-state index contributed by atoms with van der Waals surface area (Å²) in [5.74, 6) is -1.73. The Morgan fingerprint density at radius 2 is 1.87 bits per heavy atom. The molecule has 0 aliphatic carbocycles. The fourth-order valence-electron chi connectivity index (χ4n) is 4.43. The van der Waals surface area contributed by atoms with Gasteiger partial charge in [0.15, 0.2) is 11.6 Å². The van der Waals surface area contributed by atoms with Crippen molar-refractivity contribution < 1.29 is 23.0 Å². The maximum Gasteiger partial charge on any atom is 0.226 e. The van der Waals surface area contributed by atoms with E-state index in [0.29, 0.717) is 44.6 Å². The van der Waals surface area contributed by atoms with E-state index in [0.717, 1.165) is 36.6 Å². The Kier molecular flexibility index (Phi) is 6.44. The van der Waals surface area contributed by atoms with Crippen LogP contribution in [0.5, 0.6) is 0 Å². The summed E-state index contributed by atoms with van der Waals surface area (Å²) in [5.41, 5.74) is 1.77. The topological polar surface area (TPSA) is 47.6 Å². The molecule has 6 heteroatoms. The molecule has 2 aromatic rings. The lowest BCUT2D eigenvalue weighted by Crippen LogP contribution is -2.48. The summed E-state index contributed by atoms with van der Waals surface area (Å²) in [7, 11) is 0. The summed E-state index contributed by atoms with van der Waals surface area (Å²) >= 11 is 0. The van der Waals surface area contributed by atoms with Crippen LogP contribution in [0.3, 0.4) is 0 Å². The van der Waals surface area contributed by atoms with Crippen molar-refractivity contribution in [3.05, 3.63) is 59.7 Å². The van der Waals surface area contributed by atoms with Gasteiger partial charge < -0.3 is 14.8 Å². The average Bonchev–Trinajstić information content (AvgIpc) is 3.29. The van der Waals surface area contributed by atoms with E-state index in [1.54, 1.807) is 6.07 Å². The van der Waals surface area contributed by atoms with Crippen LogP contribution < -0.4 is 5.32 Å². The van der Waals surface area contributed by atoms with Crippen molar-refractivity contribution in [2.75, 3.05) is 26.4 Å². The van der Waals surface area contributed by atoms with Gasteiger partial charge in [-0.2, -0.15) is 0 Å². The molecule has 0 spiro atoms. The molecule has 2 aliphatic heterocycles. The highest BCUT2D eigenvalue weighted by Crippen LogP contribution is 2.38. The molecule has 0 bridgehead atoms. The highest BCUT2D eigenvalue weighted by molar-refractivity contribution is 5.83. The number of amides is 1. The molecule has 1 N–H and O–H groups in total.